The van der Waals surface area contributed by atoms with Gasteiger partial charge in [-0.25, -0.2) is 0 Å². The van der Waals surface area contributed by atoms with Crippen molar-refractivity contribution in [2.24, 2.45) is 0 Å². The molecule has 0 N–H and O–H groups in total. The summed E-state index contributed by atoms with van der Waals surface area (Å²) in [6.07, 6.45) is 2.81. The molecule has 0 bridgehead atoms. The van der Waals surface area contributed by atoms with Crippen molar-refractivity contribution in [3.05, 3.63) is 35.9 Å². The van der Waals surface area contributed by atoms with Gasteiger partial charge in [0.25, 0.3) is 0 Å². The Morgan fingerprint density at radius 3 is 1.89 bits per heavy atom. The third-order valence-corrected chi connectivity index (χ3v) is 8.23. The molecule has 102 valence electrons. The normalized spacial score (nSPS) is 14.6. The number of rotatable bonds is 6. The molecule has 0 aliphatic carbocycles. The maximum absolute atomic E-state index is 2.51. The Morgan fingerprint density at radius 1 is 0.889 bits per heavy atom. The van der Waals surface area contributed by atoms with Crippen molar-refractivity contribution in [2.45, 2.75) is 63.7 Å². The fourth-order valence-corrected chi connectivity index (χ4v) is 6.15. The molecule has 1 unspecified atom stereocenters. The van der Waals surface area contributed by atoms with Gasteiger partial charge in [-0.2, -0.15) is 0 Å². The standard InChI is InChI=1S/C16H30Si2/c1-17(2,3)14-10-13-16(18(4,5)6)15-11-8-7-9-12-15/h7-9,11-12,16H,10,13-14H2,1-6H3. The minimum Gasteiger partial charge on any atom is -0.0695 e. The largest absolute Gasteiger partial charge is 0.0695 e. The lowest BCUT2D eigenvalue weighted by atomic mass is 10.1. The van der Waals surface area contributed by atoms with Crippen LogP contribution in [0.1, 0.15) is 23.9 Å². The molecule has 1 aromatic rings. The van der Waals surface area contributed by atoms with Gasteiger partial charge in [0.15, 0.2) is 0 Å². The first kappa shape index (κ1) is 15.7. The van der Waals surface area contributed by atoms with Crippen LogP contribution >= 0.6 is 0 Å². The Labute approximate surface area is 116 Å². The molecule has 1 atom stereocenters. The quantitative estimate of drug-likeness (QED) is 0.580. The topological polar surface area (TPSA) is 0 Å². The Bertz CT molecular complexity index is 344. The van der Waals surface area contributed by atoms with Crippen molar-refractivity contribution in [3.63, 3.8) is 0 Å². The van der Waals surface area contributed by atoms with Gasteiger partial charge in [-0.05, 0) is 17.5 Å². The van der Waals surface area contributed by atoms with Gasteiger partial charge < -0.3 is 0 Å². The molecule has 1 rings (SSSR count). The average Bonchev–Trinajstić information content (AvgIpc) is 2.22. The molecule has 0 radical (unpaired) electrons. The van der Waals surface area contributed by atoms with Gasteiger partial charge in [0, 0.05) is 8.07 Å². The zero-order chi connectivity index (χ0) is 13.8. The van der Waals surface area contributed by atoms with E-state index in [1.165, 1.54) is 18.9 Å². The van der Waals surface area contributed by atoms with E-state index >= 15 is 0 Å². The SMILES string of the molecule is C[Si](C)(C)CCCC(c1ccccc1)[Si](C)(C)C. The molecule has 0 aliphatic heterocycles. The second-order valence-electron chi connectivity index (χ2n) is 7.78. The first-order chi connectivity index (χ1) is 8.20. The third-order valence-electron chi connectivity index (χ3n) is 3.67. The van der Waals surface area contributed by atoms with Gasteiger partial charge in [0.05, 0.1) is 8.07 Å². The smallest absolute Gasteiger partial charge is 0.0521 e. The van der Waals surface area contributed by atoms with Crippen molar-refractivity contribution >= 4 is 16.1 Å². The highest BCUT2D eigenvalue weighted by Crippen LogP contribution is 2.32. The minimum atomic E-state index is -1.11. The van der Waals surface area contributed by atoms with Crippen LogP contribution in [0.3, 0.4) is 0 Å². The van der Waals surface area contributed by atoms with E-state index in [9.17, 15) is 0 Å². The van der Waals surface area contributed by atoms with Gasteiger partial charge in [0.2, 0.25) is 0 Å². The van der Waals surface area contributed by atoms with E-state index < -0.39 is 16.1 Å². The Morgan fingerprint density at radius 2 is 1.44 bits per heavy atom. The Hall–Kier alpha value is -0.346. The molecular formula is C16H30Si2. The van der Waals surface area contributed by atoms with Crippen LogP contribution in [0.4, 0.5) is 0 Å². The summed E-state index contributed by atoms with van der Waals surface area (Å²) in [6, 6.07) is 12.7. The van der Waals surface area contributed by atoms with E-state index in [4.69, 9.17) is 0 Å². The van der Waals surface area contributed by atoms with Gasteiger partial charge in [-0.1, -0.05) is 82.1 Å². The highest BCUT2D eigenvalue weighted by Gasteiger charge is 2.28. The minimum absolute atomic E-state index is 0.829. The molecule has 0 nitrogen and oxygen atoms in total. The molecule has 0 fully saturated rings. The maximum Gasteiger partial charge on any atom is 0.0521 e. The molecule has 0 amide bonds. The van der Waals surface area contributed by atoms with Crippen LogP contribution in [-0.2, 0) is 0 Å². The molecule has 2 heteroatoms. The molecule has 0 spiro atoms. The van der Waals surface area contributed by atoms with Crippen LogP contribution in [0.2, 0.25) is 45.3 Å². The Kier molecular flexibility index (Phi) is 5.41. The molecule has 0 heterocycles. The van der Waals surface area contributed by atoms with Crippen LogP contribution in [0, 0.1) is 0 Å². The van der Waals surface area contributed by atoms with Crippen molar-refractivity contribution in [3.8, 4) is 0 Å². The van der Waals surface area contributed by atoms with E-state index in [0.29, 0.717) is 0 Å². The Balaban J connectivity index is 2.70. The van der Waals surface area contributed by atoms with E-state index in [0.717, 1.165) is 5.54 Å². The van der Waals surface area contributed by atoms with Gasteiger partial charge in [0.1, 0.15) is 0 Å². The predicted molar refractivity (Wildman–Crippen MR) is 89.9 cm³/mol. The molecule has 0 aromatic heterocycles. The van der Waals surface area contributed by atoms with Crippen LogP contribution < -0.4 is 0 Å². The zero-order valence-corrected chi connectivity index (χ0v) is 15.1. The van der Waals surface area contributed by atoms with Crippen molar-refractivity contribution < 1.29 is 0 Å². The monoisotopic (exact) mass is 278 g/mol. The lowest BCUT2D eigenvalue weighted by molar-refractivity contribution is 0.738. The zero-order valence-electron chi connectivity index (χ0n) is 13.1. The number of hydrogen-bond donors (Lipinski definition) is 0. The van der Waals surface area contributed by atoms with E-state index in [1.54, 1.807) is 5.56 Å². The summed E-state index contributed by atoms with van der Waals surface area (Å²) >= 11 is 0. The molecule has 1 aromatic carbocycles. The third kappa shape index (κ3) is 5.53. The summed E-state index contributed by atoms with van der Waals surface area (Å²) in [5, 5.41) is 0. The summed E-state index contributed by atoms with van der Waals surface area (Å²) in [5.41, 5.74) is 2.40. The number of benzene rings is 1. The maximum atomic E-state index is 2.51. The van der Waals surface area contributed by atoms with E-state index in [1.807, 2.05) is 0 Å². The van der Waals surface area contributed by atoms with Gasteiger partial charge in [-0.3, -0.25) is 0 Å². The van der Waals surface area contributed by atoms with Crippen molar-refractivity contribution in [1.29, 1.82) is 0 Å². The summed E-state index contributed by atoms with van der Waals surface area (Å²) in [4.78, 5) is 0. The molecule has 0 saturated carbocycles. The predicted octanol–water partition coefficient (Wildman–Crippen LogP) is 5.77. The lowest BCUT2D eigenvalue weighted by Gasteiger charge is -2.30. The van der Waals surface area contributed by atoms with Crippen molar-refractivity contribution in [1.82, 2.24) is 0 Å². The second-order valence-corrected chi connectivity index (χ2v) is 18.8. The molecule has 18 heavy (non-hydrogen) atoms. The van der Waals surface area contributed by atoms with Crippen LogP contribution in [0.25, 0.3) is 0 Å². The van der Waals surface area contributed by atoms with Gasteiger partial charge in [-0.15, -0.1) is 0 Å². The summed E-state index contributed by atoms with van der Waals surface area (Å²) < 4.78 is 0. The fourth-order valence-electron chi connectivity index (χ4n) is 2.62. The van der Waals surface area contributed by atoms with Crippen molar-refractivity contribution in [2.75, 3.05) is 0 Å². The molecule has 0 saturated heterocycles. The van der Waals surface area contributed by atoms with E-state index in [2.05, 4.69) is 69.6 Å². The summed E-state index contributed by atoms with van der Waals surface area (Å²) in [6.45, 7) is 15.0. The average molecular weight is 279 g/mol. The van der Waals surface area contributed by atoms with Gasteiger partial charge >= 0.3 is 0 Å². The first-order valence-electron chi connectivity index (χ1n) is 7.25. The molecule has 0 aliphatic rings. The van der Waals surface area contributed by atoms with Crippen LogP contribution in [0.5, 0.6) is 0 Å². The highest BCUT2D eigenvalue weighted by molar-refractivity contribution is 6.77. The first-order valence-corrected chi connectivity index (χ1v) is 14.5. The number of hydrogen-bond acceptors (Lipinski definition) is 0. The second kappa shape index (κ2) is 6.20. The lowest BCUT2D eigenvalue weighted by Crippen LogP contribution is -2.31. The highest BCUT2D eigenvalue weighted by atomic mass is 28.3. The van der Waals surface area contributed by atoms with Crippen LogP contribution in [0.15, 0.2) is 30.3 Å². The van der Waals surface area contributed by atoms with Crippen LogP contribution in [-0.4, -0.2) is 16.1 Å². The van der Waals surface area contributed by atoms with E-state index in [-0.39, 0.29) is 0 Å². The fraction of sp³-hybridized carbons (Fsp3) is 0.625. The molecular weight excluding hydrogens is 248 g/mol. The summed E-state index contributed by atoms with van der Waals surface area (Å²) in [5.74, 6) is 0. The summed E-state index contributed by atoms with van der Waals surface area (Å²) in [7, 11) is -1.98.